The molecule has 0 saturated carbocycles. The first kappa shape index (κ1) is 20.8. The number of amides is 4. The number of carbonyl (C=O) groups is 3. The normalized spacial score (nSPS) is 18.0. The monoisotopic (exact) mass is 454 g/mol. The number of anilines is 2. The molecule has 158 valence electrons. The molecule has 2 heterocycles. The van der Waals surface area contributed by atoms with Crippen LogP contribution in [0.1, 0.15) is 12.5 Å². The van der Waals surface area contributed by atoms with Crippen molar-refractivity contribution in [3.8, 4) is 0 Å². The van der Waals surface area contributed by atoms with Crippen LogP contribution in [-0.2, 0) is 15.1 Å². The van der Waals surface area contributed by atoms with Gasteiger partial charge in [0.15, 0.2) is 4.34 Å². The summed E-state index contributed by atoms with van der Waals surface area (Å²) >= 11 is 2.47. The quantitative estimate of drug-likeness (QED) is 0.371. The van der Waals surface area contributed by atoms with Crippen molar-refractivity contribution in [3.63, 3.8) is 0 Å². The Balaban J connectivity index is 1.33. The van der Waals surface area contributed by atoms with E-state index in [1.165, 1.54) is 23.1 Å². The van der Waals surface area contributed by atoms with Crippen molar-refractivity contribution in [2.45, 2.75) is 16.8 Å². The molecule has 2 aromatic carbocycles. The summed E-state index contributed by atoms with van der Waals surface area (Å²) in [6.07, 6.45) is 0. The first-order chi connectivity index (χ1) is 15.0. The van der Waals surface area contributed by atoms with E-state index in [2.05, 4.69) is 26.3 Å². The number of benzene rings is 2. The first-order valence-corrected chi connectivity index (χ1v) is 11.1. The fraction of sp³-hybridized carbons (Fsp3) is 0.150. The lowest BCUT2D eigenvalue weighted by atomic mass is 9.92. The molecular weight excluding hydrogens is 436 g/mol. The maximum absolute atomic E-state index is 12.8. The topological polar surface area (TPSA) is 116 Å². The first-order valence-electron chi connectivity index (χ1n) is 9.26. The molecule has 0 spiro atoms. The molecule has 1 aliphatic heterocycles. The minimum Gasteiger partial charge on any atom is -0.330 e. The molecule has 0 radical (unpaired) electrons. The van der Waals surface area contributed by atoms with E-state index >= 15 is 0 Å². The fourth-order valence-electron chi connectivity index (χ4n) is 2.96. The Morgan fingerprint density at radius 1 is 1.10 bits per heavy atom. The van der Waals surface area contributed by atoms with Crippen LogP contribution >= 0.6 is 23.1 Å². The van der Waals surface area contributed by atoms with Gasteiger partial charge < -0.3 is 10.6 Å². The lowest BCUT2D eigenvalue weighted by molar-refractivity contribution is -0.138. The van der Waals surface area contributed by atoms with Gasteiger partial charge in [-0.2, -0.15) is 5.01 Å². The number of nitrogens with zero attached hydrogens (tertiary/aromatic N) is 3. The summed E-state index contributed by atoms with van der Waals surface area (Å²) in [6, 6.07) is 17.7. The molecule has 0 aliphatic carbocycles. The van der Waals surface area contributed by atoms with Gasteiger partial charge >= 0.3 is 6.03 Å². The largest absolute Gasteiger partial charge is 0.344 e. The summed E-state index contributed by atoms with van der Waals surface area (Å²) in [5, 5.41) is 15.2. The average molecular weight is 455 g/mol. The smallest absolute Gasteiger partial charge is 0.330 e. The van der Waals surface area contributed by atoms with Crippen LogP contribution in [-0.4, -0.2) is 38.8 Å². The average Bonchev–Trinajstić information content (AvgIpc) is 3.32. The lowest BCUT2D eigenvalue weighted by Gasteiger charge is -2.22. The summed E-state index contributed by atoms with van der Waals surface area (Å²) in [7, 11) is 0. The third kappa shape index (κ3) is 4.52. The Bertz CT molecular complexity index is 1110. The van der Waals surface area contributed by atoms with Gasteiger partial charge in [0.05, 0.1) is 5.75 Å². The zero-order valence-corrected chi connectivity index (χ0v) is 18.0. The van der Waals surface area contributed by atoms with Gasteiger partial charge in [-0.05, 0) is 24.6 Å². The minimum absolute atomic E-state index is 0.0287. The predicted octanol–water partition coefficient (Wildman–Crippen LogP) is 2.87. The van der Waals surface area contributed by atoms with Crippen molar-refractivity contribution in [2.75, 3.05) is 11.1 Å². The Morgan fingerprint density at radius 3 is 2.48 bits per heavy atom. The van der Waals surface area contributed by atoms with Crippen molar-refractivity contribution >= 4 is 51.8 Å². The number of hydrazine groups is 1. The number of thioether (sulfide) groups is 1. The molecule has 3 aromatic rings. The molecule has 1 atom stereocenters. The van der Waals surface area contributed by atoms with Gasteiger partial charge in [-0.25, -0.2) is 4.79 Å². The highest BCUT2D eigenvalue weighted by molar-refractivity contribution is 8.01. The molecule has 9 nitrogen and oxygen atoms in total. The Hall–Kier alpha value is -3.44. The van der Waals surface area contributed by atoms with E-state index in [1.807, 2.05) is 36.4 Å². The van der Waals surface area contributed by atoms with E-state index in [-0.39, 0.29) is 5.75 Å². The van der Waals surface area contributed by atoms with Gasteiger partial charge in [0.2, 0.25) is 11.0 Å². The molecule has 1 aromatic heterocycles. The van der Waals surface area contributed by atoms with E-state index in [0.717, 1.165) is 10.7 Å². The van der Waals surface area contributed by atoms with E-state index < -0.39 is 23.4 Å². The SMILES string of the molecule is C[C@]1(c2ccccc2)NC(=O)N(NC(=O)CSc2nnc(Nc3ccccc3)s2)C1=O. The number of nitrogens with one attached hydrogen (secondary N) is 3. The van der Waals surface area contributed by atoms with Crippen LogP contribution in [0.25, 0.3) is 0 Å². The summed E-state index contributed by atoms with van der Waals surface area (Å²) in [4.78, 5) is 37.5. The van der Waals surface area contributed by atoms with Crippen LogP contribution in [0.4, 0.5) is 15.6 Å². The molecule has 31 heavy (non-hydrogen) atoms. The molecule has 3 N–H and O–H groups in total. The van der Waals surface area contributed by atoms with Crippen molar-refractivity contribution in [3.05, 3.63) is 66.2 Å². The number of carbonyl (C=O) groups excluding carboxylic acids is 3. The molecule has 4 amide bonds. The number of hydrogen-bond acceptors (Lipinski definition) is 8. The molecular formula is C20H18N6O3S2. The second-order valence-corrected chi connectivity index (χ2v) is 8.95. The molecule has 1 saturated heterocycles. The van der Waals surface area contributed by atoms with Gasteiger partial charge in [-0.1, -0.05) is 71.6 Å². The summed E-state index contributed by atoms with van der Waals surface area (Å²) in [5.41, 5.74) is 2.65. The van der Waals surface area contributed by atoms with Crippen LogP contribution in [0.15, 0.2) is 65.0 Å². The van der Waals surface area contributed by atoms with Gasteiger partial charge in [0.25, 0.3) is 5.91 Å². The zero-order valence-electron chi connectivity index (χ0n) is 16.4. The summed E-state index contributed by atoms with van der Waals surface area (Å²) < 4.78 is 0.583. The Morgan fingerprint density at radius 2 is 1.77 bits per heavy atom. The third-order valence-corrected chi connectivity index (χ3v) is 6.51. The molecule has 11 heteroatoms. The zero-order chi connectivity index (χ0) is 21.8. The maximum Gasteiger partial charge on any atom is 0.344 e. The van der Waals surface area contributed by atoms with E-state index in [9.17, 15) is 14.4 Å². The number of rotatable bonds is 7. The van der Waals surface area contributed by atoms with Crippen LogP contribution in [0.2, 0.25) is 0 Å². The van der Waals surface area contributed by atoms with E-state index in [0.29, 0.717) is 15.0 Å². The maximum atomic E-state index is 12.8. The number of hydrogen-bond donors (Lipinski definition) is 3. The van der Waals surface area contributed by atoms with Gasteiger partial charge in [-0.3, -0.25) is 15.0 Å². The van der Waals surface area contributed by atoms with Crippen molar-refractivity contribution in [2.24, 2.45) is 0 Å². The van der Waals surface area contributed by atoms with Crippen LogP contribution in [0.3, 0.4) is 0 Å². The van der Waals surface area contributed by atoms with Gasteiger partial charge in [0.1, 0.15) is 5.54 Å². The second kappa shape index (κ2) is 8.74. The highest BCUT2D eigenvalue weighted by Gasteiger charge is 2.49. The Kier molecular flexibility index (Phi) is 5.87. The predicted molar refractivity (Wildman–Crippen MR) is 118 cm³/mol. The van der Waals surface area contributed by atoms with Crippen LogP contribution < -0.4 is 16.1 Å². The second-order valence-electron chi connectivity index (χ2n) is 6.75. The molecule has 4 rings (SSSR count). The van der Waals surface area contributed by atoms with Crippen LogP contribution in [0, 0.1) is 0 Å². The van der Waals surface area contributed by atoms with E-state index in [1.54, 1.807) is 31.2 Å². The molecule has 1 fully saturated rings. The number of para-hydroxylation sites is 1. The minimum atomic E-state index is -1.24. The van der Waals surface area contributed by atoms with Gasteiger partial charge in [0, 0.05) is 5.69 Å². The van der Waals surface area contributed by atoms with E-state index in [4.69, 9.17) is 0 Å². The lowest BCUT2D eigenvalue weighted by Crippen LogP contribution is -2.48. The third-order valence-electron chi connectivity index (χ3n) is 4.54. The molecule has 1 aliphatic rings. The van der Waals surface area contributed by atoms with Gasteiger partial charge in [-0.15, -0.1) is 10.2 Å². The summed E-state index contributed by atoms with van der Waals surface area (Å²) in [6.45, 7) is 1.60. The van der Waals surface area contributed by atoms with Crippen molar-refractivity contribution < 1.29 is 14.4 Å². The van der Waals surface area contributed by atoms with Crippen molar-refractivity contribution in [1.29, 1.82) is 0 Å². The fourth-order valence-corrected chi connectivity index (χ4v) is 4.52. The van der Waals surface area contributed by atoms with Crippen molar-refractivity contribution in [1.82, 2.24) is 25.9 Å². The Labute approximate surface area is 186 Å². The highest BCUT2D eigenvalue weighted by atomic mass is 32.2. The number of imide groups is 1. The highest BCUT2D eigenvalue weighted by Crippen LogP contribution is 2.29. The summed E-state index contributed by atoms with van der Waals surface area (Å²) in [5.74, 6) is -1.08. The number of urea groups is 1. The number of aromatic nitrogens is 2. The molecule has 0 unspecified atom stereocenters. The molecule has 0 bridgehead atoms. The standard InChI is InChI=1S/C20H18N6O3S2/c1-20(13-8-4-2-5-9-13)16(28)26(18(29)22-20)25-15(27)12-30-19-24-23-17(31-19)21-14-10-6-3-7-11-14/h2-11H,12H2,1H3,(H,21,23)(H,22,29)(H,25,27)/t20-/m1/s1. The van der Waals surface area contributed by atoms with Crippen LogP contribution in [0.5, 0.6) is 0 Å².